The van der Waals surface area contributed by atoms with Crippen molar-refractivity contribution in [3.8, 4) is 5.69 Å². The molecule has 2 aromatic heterocycles. The van der Waals surface area contributed by atoms with E-state index >= 15 is 0 Å². The lowest BCUT2D eigenvalue weighted by molar-refractivity contribution is 0.0689. The number of carboxylic acid groups (broad SMARTS) is 1. The maximum atomic E-state index is 12.5. The SMILES string of the molecule is CCc1noc(C)c1C(=O)Nc1cccc(-n2ccc(C(=O)O)n2)c1. The first-order valence-electron chi connectivity index (χ1n) is 7.65. The summed E-state index contributed by atoms with van der Waals surface area (Å²) >= 11 is 0. The first kappa shape index (κ1) is 16.4. The molecule has 25 heavy (non-hydrogen) atoms. The highest BCUT2D eigenvalue weighted by Crippen LogP contribution is 2.19. The Labute approximate surface area is 143 Å². The number of anilines is 1. The van der Waals surface area contributed by atoms with E-state index in [1.54, 1.807) is 37.4 Å². The van der Waals surface area contributed by atoms with Gasteiger partial charge in [-0.15, -0.1) is 0 Å². The molecule has 0 radical (unpaired) electrons. The summed E-state index contributed by atoms with van der Waals surface area (Å²) in [5, 5.41) is 19.6. The van der Waals surface area contributed by atoms with Gasteiger partial charge in [0.1, 0.15) is 11.3 Å². The maximum absolute atomic E-state index is 12.5. The van der Waals surface area contributed by atoms with Crippen LogP contribution in [0.15, 0.2) is 41.1 Å². The van der Waals surface area contributed by atoms with E-state index in [1.165, 1.54) is 10.7 Å². The normalized spacial score (nSPS) is 10.6. The zero-order valence-corrected chi connectivity index (χ0v) is 13.7. The molecule has 0 bridgehead atoms. The quantitative estimate of drug-likeness (QED) is 0.739. The van der Waals surface area contributed by atoms with Crippen LogP contribution in [0.4, 0.5) is 5.69 Å². The molecule has 0 fully saturated rings. The summed E-state index contributed by atoms with van der Waals surface area (Å²) in [4.78, 5) is 23.4. The Balaban J connectivity index is 1.85. The number of carboxylic acids is 1. The number of hydrogen-bond donors (Lipinski definition) is 2. The predicted octanol–water partition coefficient (Wildman–Crippen LogP) is 2.68. The summed E-state index contributed by atoms with van der Waals surface area (Å²) in [6.07, 6.45) is 2.13. The van der Waals surface area contributed by atoms with Crippen molar-refractivity contribution in [2.24, 2.45) is 0 Å². The molecule has 128 valence electrons. The molecule has 0 atom stereocenters. The van der Waals surface area contributed by atoms with Gasteiger partial charge in [-0.2, -0.15) is 5.10 Å². The van der Waals surface area contributed by atoms with Crippen molar-refractivity contribution in [3.63, 3.8) is 0 Å². The molecule has 1 aromatic carbocycles. The fourth-order valence-electron chi connectivity index (χ4n) is 2.45. The first-order valence-corrected chi connectivity index (χ1v) is 7.65. The standard InChI is InChI=1S/C17H16N4O4/c1-3-13-15(10(2)25-20-13)16(22)18-11-5-4-6-12(9-11)21-8-7-14(19-21)17(23)24/h4-9H,3H2,1-2H3,(H,18,22)(H,23,24). The van der Waals surface area contributed by atoms with Crippen LogP contribution in [0.3, 0.4) is 0 Å². The van der Waals surface area contributed by atoms with Crippen LogP contribution in [0.5, 0.6) is 0 Å². The van der Waals surface area contributed by atoms with Gasteiger partial charge in [0.05, 0.1) is 11.4 Å². The highest BCUT2D eigenvalue weighted by molar-refractivity contribution is 6.05. The van der Waals surface area contributed by atoms with Gasteiger partial charge in [0.15, 0.2) is 5.69 Å². The zero-order valence-electron chi connectivity index (χ0n) is 13.7. The third-order valence-corrected chi connectivity index (χ3v) is 3.67. The Kier molecular flexibility index (Phi) is 4.34. The maximum Gasteiger partial charge on any atom is 0.356 e. The molecule has 8 heteroatoms. The van der Waals surface area contributed by atoms with Crippen LogP contribution in [-0.4, -0.2) is 31.9 Å². The van der Waals surface area contributed by atoms with Crippen molar-refractivity contribution in [2.45, 2.75) is 20.3 Å². The van der Waals surface area contributed by atoms with E-state index < -0.39 is 5.97 Å². The number of aromatic nitrogens is 3. The number of benzene rings is 1. The number of carbonyl (C=O) groups is 2. The predicted molar refractivity (Wildman–Crippen MR) is 89.1 cm³/mol. The molecule has 0 saturated carbocycles. The van der Waals surface area contributed by atoms with Crippen molar-refractivity contribution >= 4 is 17.6 Å². The number of amides is 1. The molecule has 2 N–H and O–H groups in total. The van der Waals surface area contributed by atoms with E-state index in [0.29, 0.717) is 34.8 Å². The summed E-state index contributed by atoms with van der Waals surface area (Å²) in [5.41, 5.74) is 2.16. The lowest BCUT2D eigenvalue weighted by Gasteiger charge is -2.08. The molecule has 0 aliphatic heterocycles. The van der Waals surface area contributed by atoms with Gasteiger partial charge in [0.25, 0.3) is 5.91 Å². The highest BCUT2D eigenvalue weighted by Gasteiger charge is 2.19. The Morgan fingerprint density at radius 1 is 1.32 bits per heavy atom. The number of aromatic carboxylic acids is 1. The molecule has 0 aliphatic carbocycles. The minimum atomic E-state index is -1.10. The van der Waals surface area contributed by atoms with E-state index in [1.807, 2.05) is 6.92 Å². The summed E-state index contributed by atoms with van der Waals surface area (Å²) in [6, 6.07) is 8.34. The Morgan fingerprint density at radius 2 is 2.12 bits per heavy atom. The summed E-state index contributed by atoms with van der Waals surface area (Å²) in [7, 11) is 0. The highest BCUT2D eigenvalue weighted by atomic mass is 16.5. The first-order chi connectivity index (χ1) is 12.0. The van der Waals surface area contributed by atoms with E-state index in [9.17, 15) is 9.59 Å². The van der Waals surface area contributed by atoms with Gasteiger partial charge < -0.3 is 14.9 Å². The fourth-order valence-corrected chi connectivity index (χ4v) is 2.45. The second-order valence-electron chi connectivity index (χ2n) is 5.37. The minimum Gasteiger partial charge on any atom is -0.476 e. The van der Waals surface area contributed by atoms with Crippen LogP contribution in [-0.2, 0) is 6.42 Å². The molecule has 3 aromatic rings. The van der Waals surface area contributed by atoms with Gasteiger partial charge in [-0.3, -0.25) is 4.79 Å². The number of nitrogens with zero attached hydrogens (tertiary/aromatic N) is 3. The van der Waals surface area contributed by atoms with Gasteiger partial charge in [0, 0.05) is 11.9 Å². The monoisotopic (exact) mass is 340 g/mol. The number of aryl methyl sites for hydroxylation is 2. The lowest BCUT2D eigenvalue weighted by Crippen LogP contribution is -2.14. The lowest BCUT2D eigenvalue weighted by atomic mass is 10.1. The van der Waals surface area contributed by atoms with Crippen LogP contribution >= 0.6 is 0 Å². The summed E-state index contributed by atoms with van der Waals surface area (Å²) in [5.74, 6) is -0.943. The van der Waals surface area contributed by atoms with Crippen molar-refractivity contribution < 1.29 is 19.2 Å². The largest absolute Gasteiger partial charge is 0.476 e. The van der Waals surface area contributed by atoms with Gasteiger partial charge >= 0.3 is 5.97 Å². The minimum absolute atomic E-state index is 0.0536. The second kappa shape index (κ2) is 6.60. The average Bonchev–Trinajstić information content (AvgIpc) is 3.21. The van der Waals surface area contributed by atoms with Crippen LogP contribution in [0, 0.1) is 6.92 Å². The van der Waals surface area contributed by atoms with Gasteiger partial charge in [-0.1, -0.05) is 18.1 Å². The Hall–Kier alpha value is -3.42. The topological polar surface area (TPSA) is 110 Å². The second-order valence-corrected chi connectivity index (χ2v) is 5.37. The smallest absolute Gasteiger partial charge is 0.356 e. The number of hydrogen-bond acceptors (Lipinski definition) is 5. The average molecular weight is 340 g/mol. The molecular weight excluding hydrogens is 324 g/mol. The molecule has 0 saturated heterocycles. The molecule has 2 heterocycles. The molecule has 0 unspecified atom stereocenters. The van der Waals surface area contributed by atoms with Gasteiger partial charge in [-0.05, 0) is 37.6 Å². The van der Waals surface area contributed by atoms with Crippen molar-refractivity contribution in [3.05, 3.63) is 59.2 Å². The van der Waals surface area contributed by atoms with Crippen molar-refractivity contribution in [2.75, 3.05) is 5.32 Å². The molecule has 8 nitrogen and oxygen atoms in total. The van der Waals surface area contributed by atoms with E-state index in [2.05, 4.69) is 15.6 Å². The van der Waals surface area contributed by atoms with Gasteiger partial charge in [-0.25, -0.2) is 9.48 Å². The molecule has 0 spiro atoms. The number of rotatable bonds is 5. The van der Waals surface area contributed by atoms with Crippen LogP contribution < -0.4 is 5.32 Å². The molecule has 3 rings (SSSR count). The van der Waals surface area contributed by atoms with Crippen LogP contribution in [0.2, 0.25) is 0 Å². The van der Waals surface area contributed by atoms with Gasteiger partial charge in [0.2, 0.25) is 0 Å². The van der Waals surface area contributed by atoms with Crippen LogP contribution in [0.1, 0.15) is 39.2 Å². The van der Waals surface area contributed by atoms with Crippen LogP contribution in [0.25, 0.3) is 5.69 Å². The zero-order chi connectivity index (χ0) is 18.0. The molecule has 0 aliphatic rings. The molecular formula is C17H16N4O4. The third kappa shape index (κ3) is 3.27. The number of carbonyl (C=O) groups excluding carboxylic acids is 1. The molecule has 1 amide bonds. The summed E-state index contributed by atoms with van der Waals surface area (Å²) < 4.78 is 6.51. The van der Waals surface area contributed by atoms with E-state index in [0.717, 1.165) is 0 Å². The Morgan fingerprint density at radius 3 is 2.80 bits per heavy atom. The van der Waals surface area contributed by atoms with Crippen molar-refractivity contribution in [1.82, 2.24) is 14.9 Å². The third-order valence-electron chi connectivity index (χ3n) is 3.67. The van der Waals surface area contributed by atoms with E-state index in [-0.39, 0.29) is 11.6 Å². The summed E-state index contributed by atoms with van der Waals surface area (Å²) in [6.45, 7) is 3.58. The Bertz CT molecular complexity index is 942. The van der Waals surface area contributed by atoms with E-state index in [4.69, 9.17) is 9.63 Å². The number of nitrogens with one attached hydrogen (secondary N) is 1. The van der Waals surface area contributed by atoms with Crippen molar-refractivity contribution in [1.29, 1.82) is 0 Å². The fraction of sp³-hybridized carbons (Fsp3) is 0.176.